The van der Waals surface area contributed by atoms with Crippen molar-refractivity contribution < 1.29 is 14.3 Å². The van der Waals surface area contributed by atoms with E-state index in [1.807, 2.05) is 6.92 Å². The van der Waals surface area contributed by atoms with Crippen LogP contribution in [0.5, 0.6) is 0 Å². The Bertz CT molecular complexity index is 383. The van der Waals surface area contributed by atoms with Gasteiger partial charge in [-0.3, -0.25) is 9.59 Å². The Balaban J connectivity index is 2.61. The van der Waals surface area contributed by atoms with Crippen molar-refractivity contribution >= 4 is 23.2 Å². The number of methoxy groups -OCH3 is 1. The first kappa shape index (κ1) is 14.2. The predicted molar refractivity (Wildman–Crippen MR) is 70.5 cm³/mol. The van der Waals surface area contributed by atoms with Gasteiger partial charge in [-0.05, 0) is 24.6 Å². The molecule has 0 saturated heterocycles. The summed E-state index contributed by atoms with van der Waals surface area (Å²) in [4.78, 5) is 22.8. The number of rotatable bonds is 6. The second-order valence-electron chi connectivity index (χ2n) is 3.86. The van der Waals surface area contributed by atoms with Gasteiger partial charge in [-0.1, -0.05) is 13.0 Å². The lowest BCUT2D eigenvalue weighted by atomic mass is 10.2. The molecule has 0 radical (unpaired) electrons. The molecule has 0 fully saturated rings. The van der Waals surface area contributed by atoms with Crippen molar-refractivity contribution in [3.63, 3.8) is 0 Å². The minimum Gasteiger partial charge on any atom is -0.375 e. The highest BCUT2D eigenvalue weighted by molar-refractivity contribution is 5.94. The molecular weight excluding hydrogens is 232 g/mol. The smallest absolute Gasteiger partial charge is 0.250 e. The first-order valence-corrected chi connectivity index (χ1v) is 5.84. The molecule has 98 valence electrons. The third kappa shape index (κ3) is 4.97. The number of hydrogen-bond acceptors (Lipinski definition) is 3. The van der Waals surface area contributed by atoms with Gasteiger partial charge in [-0.25, -0.2) is 0 Å². The molecule has 2 amide bonds. The lowest BCUT2D eigenvalue weighted by Gasteiger charge is -2.08. The molecule has 5 heteroatoms. The summed E-state index contributed by atoms with van der Waals surface area (Å²) < 4.78 is 4.72. The molecule has 0 aromatic heterocycles. The van der Waals surface area contributed by atoms with E-state index in [4.69, 9.17) is 4.74 Å². The van der Waals surface area contributed by atoms with Crippen LogP contribution in [0, 0.1) is 0 Å². The Hall–Kier alpha value is -1.88. The van der Waals surface area contributed by atoms with Crippen LogP contribution in [0.15, 0.2) is 24.3 Å². The van der Waals surface area contributed by atoms with Gasteiger partial charge >= 0.3 is 0 Å². The lowest BCUT2D eigenvalue weighted by molar-refractivity contribution is -0.119. The van der Waals surface area contributed by atoms with Crippen molar-refractivity contribution in [2.24, 2.45) is 0 Å². The van der Waals surface area contributed by atoms with Crippen molar-refractivity contribution in [3.8, 4) is 0 Å². The molecule has 0 heterocycles. The van der Waals surface area contributed by atoms with Crippen LogP contribution in [0.3, 0.4) is 0 Å². The third-order valence-electron chi connectivity index (χ3n) is 2.18. The summed E-state index contributed by atoms with van der Waals surface area (Å²) in [5.74, 6) is -0.257. The van der Waals surface area contributed by atoms with E-state index in [1.165, 1.54) is 7.11 Å². The van der Waals surface area contributed by atoms with Gasteiger partial charge in [0.1, 0.15) is 6.61 Å². The summed E-state index contributed by atoms with van der Waals surface area (Å²) in [5.41, 5.74) is 1.30. The fourth-order valence-electron chi connectivity index (χ4n) is 1.45. The summed E-state index contributed by atoms with van der Waals surface area (Å²) in [6, 6.07) is 7.01. The van der Waals surface area contributed by atoms with E-state index in [-0.39, 0.29) is 18.4 Å². The van der Waals surface area contributed by atoms with Crippen LogP contribution >= 0.6 is 0 Å². The van der Waals surface area contributed by atoms with Gasteiger partial charge < -0.3 is 15.4 Å². The van der Waals surface area contributed by atoms with Gasteiger partial charge in [-0.2, -0.15) is 0 Å². The number of amides is 2. The van der Waals surface area contributed by atoms with E-state index in [0.29, 0.717) is 17.8 Å². The number of nitrogens with one attached hydrogen (secondary N) is 2. The number of carbonyl (C=O) groups excluding carboxylic acids is 2. The average molecular weight is 250 g/mol. The quantitative estimate of drug-likeness (QED) is 0.811. The largest absolute Gasteiger partial charge is 0.375 e. The summed E-state index contributed by atoms with van der Waals surface area (Å²) in [7, 11) is 1.46. The van der Waals surface area contributed by atoms with Gasteiger partial charge in [-0.15, -0.1) is 0 Å². The van der Waals surface area contributed by atoms with Crippen molar-refractivity contribution in [2.75, 3.05) is 24.4 Å². The van der Waals surface area contributed by atoms with Crippen molar-refractivity contribution in [2.45, 2.75) is 19.8 Å². The molecule has 18 heavy (non-hydrogen) atoms. The fourth-order valence-corrected chi connectivity index (χ4v) is 1.45. The van der Waals surface area contributed by atoms with E-state index in [9.17, 15) is 9.59 Å². The van der Waals surface area contributed by atoms with Crippen LogP contribution < -0.4 is 10.6 Å². The topological polar surface area (TPSA) is 67.4 Å². The molecular formula is C13H18N2O3. The molecule has 0 aliphatic carbocycles. The van der Waals surface area contributed by atoms with Gasteiger partial charge in [0, 0.05) is 24.9 Å². The molecule has 5 nitrogen and oxygen atoms in total. The number of ether oxygens (including phenoxy) is 1. The summed E-state index contributed by atoms with van der Waals surface area (Å²) in [6.07, 6.45) is 1.29. The van der Waals surface area contributed by atoms with E-state index in [1.54, 1.807) is 24.3 Å². The van der Waals surface area contributed by atoms with Crippen LogP contribution in [0.4, 0.5) is 11.4 Å². The Morgan fingerprint density at radius 3 is 2.33 bits per heavy atom. The average Bonchev–Trinajstić information content (AvgIpc) is 2.29. The third-order valence-corrected chi connectivity index (χ3v) is 2.18. The molecule has 0 atom stereocenters. The van der Waals surface area contributed by atoms with Crippen molar-refractivity contribution in [1.29, 1.82) is 0 Å². The zero-order valence-corrected chi connectivity index (χ0v) is 10.7. The van der Waals surface area contributed by atoms with Gasteiger partial charge in [0.05, 0.1) is 0 Å². The molecule has 0 bridgehead atoms. The molecule has 0 saturated carbocycles. The molecule has 1 rings (SSSR count). The Labute approximate surface area is 107 Å². The number of hydrogen-bond donors (Lipinski definition) is 2. The number of anilines is 2. The Morgan fingerprint density at radius 1 is 1.17 bits per heavy atom. The highest BCUT2D eigenvalue weighted by atomic mass is 16.5. The molecule has 0 aliphatic heterocycles. The number of carbonyl (C=O) groups is 2. The molecule has 0 unspecified atom stereocenters. The second-order valence-corrected chi connectivity index (χ2v) is 3.86. The molecule has 1 aromatic carbocycles. The molecule has 0 spiro atoms. The van der Waals surface area contributed by atoms with E-state index in [0.717, 1.165) is 6.42 Å². The maximum atomic E-state index is 11.4. The van der Waals surface area contributed by atoms with E-state index >= 15 is 0 Å². The zero-order valence-electron chi connectivity index (χ0n) is 10.7. The van der Waals surface area contributed by atoms with Crippen molar-refractivity contribution in [1.82, 2.24) is 0 Å². The first-order valence-electron chi connectivity index (χ1n) is 5.84. The summed E-state index contributed by atoms with van der Waals surface area (Å²) in [6.45, 7) is 1.95. The standard InChI is InChI=1S/C13H18N2O3/c1-3-5-12(16)14-10-6-4-7-11(8-10)15-13(17)9-18-2/h4,6-8H,3,5,9H2,1-2H3,(H,14,16)(H,15,17). The fraction of sp³-hybridized carbons (Fsp3) is 0.385. The normalized spacial score (nSPS) is 9.89. The van der Waals surface area contributed by atoms with Crippen LogP contribution in [0.1, 0.15) is 19.8 Å². The molecule has 2 N–H and O–H groups in total. The monoisotopic (exact) mass is 250 g/mol. The van der Waals surface area contributed by atoms with Crippen LogP contribution in [0.25, 0.3) is 0 Å². The lowest BCUT2D eigenvalue weighted by Crippen LogP contribution is -2.17. The number of benzene rings is 1. The Morgan fingerprint density at radius 2 is 1.78 bits per heavy atom. The van der Waals surface area contributed by atoms with Crippen LogP contribution in [-0.4, -0.2) is 25.5 Å². The van der Waals surface area contributed by atoms with E-state index < -0.39 is 0 Å². The zero-order chi connectivity index (χ0) is 13.4. The van der Waals surface area contributed by atoms with E-state index in [2.05, 4.69) is 10.6 Å². The highest BCUT2D eigenvalue weighted by Crippen LogP contribution is 2.15. The first-order chi connectivity index (χ1) is 8.65. The second kappa shape index (κ2) is 7.45. The summed E-state index contributed by atoms with van der Waals surface area (Å²) >= 11 is 0. The predicted octanol–water partition coefficient (Wildman–Crippen LogP) is 2.01. The van der Waals surface area contributed by atoms with Crippen LogP contribution in [-0.2, 0) is 14.3 Å². The Kier molecular flexibility index (Phi) is 5.87. The summed E-state index contributed by atoms with van der Waals surface area (Å²) in [5, 5.41) is 5.44. The van der Waals surface area contributed by atoms with Crippen molar-refractivity contribution in [3.05, 3.63) is 24.3 Å². The highest BCUT2D eigenvalue weighted by Gasteiger charge is 2.04. The van der Waals surface area contributed by atoms with Gasteiger partial charge in [0.2, 0.25) is 11.8 Å². The van der Waals surface area contributed by atoms with Gasteiger partial charge in [0.25, 0.3) is 0 Å². The molecule has 0 aliphatic rings. The van der Waals surface area contributed by atoms with Gasteiger partial charge in [0.15, 0.2) is 0 Å². The minimum absolute atomic E-state index is 0.00637. The minimum atomic E-state index is -0.227. The maximum Gasteiger partial charge on any atom is 0.250 e. The molecule has 1 aromatic rings. The maximum absolute atomic E-state index is 11.4. The van der Waals surface area contributed by atoms with Crippen LogP contribution in [0.2, 0.25) is 0 Å². The SMILES string of the molecule is CCCC(=O)Nc1cccc(NC(=O)COC)c1.